The molecule has 4 nitrogen and oxygen atoms in total. The van der Waals surface area contributed by atoms with Crippen molar-refractivity contribution < 1.29 is 14.3 Å². The second-order valence-corrected chi connectivity index (χ2v) is 8.35. The van der Waals surface area contributed by atoms with Gasteiger partial charge in [-0.2, -0.15) is 0 Å². The molecule has 1 saturated carbocycles. The van der Waals surface area contributed by atoms with Crippen LogP contribution in [-0.2, 0) is 15.1 Å². The lowest BCUT2D eigenvalue weighted by molar-refractivity contribution is -0.135. The van der Waals surface area contributed by atoms with E-state index in [1.807, 2.05) is 29.2 Å². The molecule has 4 rings (SSSR count). The number of hydrogen-bond donors (Lipinski definition) is 0. The van der Waals surface area contributed by atoms with E-state index in [0.717, 1.165) is 24.9 Å². The van der Waals surface area contributed by atoms with Gasteiger partial charge in [0, 0.05) is 17.4 Å². The molecule has 0 aromatic heterocycles. The maximum atomic E-state index is 12.7. The molecule has 2 aliphatic heterocycles. The number of hydrogen-bond acceptors (Lipinski definition) is 4. The van der Waals surface area contributed by atoms with Crippen LogP contribution < -0.4 is 0 Å². The Morgan fingerprint density at radius 3 is 2.88 bits per heavy atom. The van der Waals surface area contributed by atoms with E-state index in [4.69, 9.17) is 4.74 Å². The van der Waals surface area contributed by atoms with E-state index in [0.29, 0.717) is 23.1 Å². The van der Waals surface area contributed by atoms with Crippen molar-refractivity contribution in [2.45, 2.75) is 49.4 Å². The zero-order valence-electron chi connectivity index (χ0n) is 13.8. The number of esters is 1. The van der Waals surface area contributed by atoms with Gasteiger partial charge in [-0.15, -0.1) is 11.8 Å². The number of nitrogens with zero attached hydrogens (tertiary/aromatic N) is 1. The number of rotatable bonds is 3. The SMILES string of the molecule is O=C1OC2(CCCN(C(=O)CSC3CCCC3)C2)c2ccccc21. The lowest BCUT2D eigenvalue weighted by Gasteiger charge is -2.39. The van der Waals surface area contributed by atoms with Crippen LogP contribution in [0, 0.1) is 0 Å². The van der Waals surface area contributed by atoms with Crippen molar-refractivity contribution in [2.24, 2.45) is 0 Å². The van der Waals surface area contributed by atoms with Gasteiger partial charge in [0.2, 0.25) is 5.91 Å². The van der Waals surface area contributed by atoms with Crippen molar-refractivity contribution in [1.82, 2.24) is 4.90 Å². The Hall–Kier alpha value is -1.49. The molecule has 1 aromatic carbocycles. The van der Waals surface area contributed by atoms with Gasteiger partial charge < -0.3 is 9.64 Å². The van der Waals surface area contributed by atoms with Crippen molar-refractivity contribution in [1.29, 1.82) is 0 Å². The van der Waals surface area contributed by atoms with Crippen molar-refractivity contribution in [3.05, 3.63) is 35.4 Å². The second kappa shape index (κ2) is 6.43. The van der Waals surface area contributed by atoms with E-state index in [1.165, 1.54) is 25.7 Å². The zero-order chi connectivity index (χ0) is 16.6. The van der Waals surface area contributed by atoms with E-state index in [-0.39, 0.29) is 11.9 Å². The van der Waals surface area contributed by atoms with Gasteiger partial charge in [0.25, 0.3) is 0 Å². The first-order valence-corrected chi connectivity index (χ1v) is 9.95. The van der Waals surface area contributed by atoms with Gasteiger partial charge in [-0.1, -0.05) is 31.0 Å². The molecule has 2 heterocycles. The van der Waals surface area contributed by atoms with E-state index >= 15 is 0 Å². The number of likely N-dealkylation sites (tertiary alicyclic amines) is 1. The van der Waals surface area contributed by atoms with Gasteiger partial charge in [0.05, 0.1) is 17.9 Å². The Kier molecular flexibility index (Phi) is 4.29. The van der Waals surface area contributed by atoms with Gasteiger partial charge in [-0.25, -0.2) is 4.79 Å². The fourth-order valence-electron chi connectivity index (χ4n) is 4.22. The normalized spacial score (nSPS) is 26.7. The second-order valence-electron chi connectivity index (χ2n) is 7.07. The predicted octanol–water partition coefficient (Wildman–Crippen LogP) is 3.35. The molecule has 128 valence electrons. The number of amides is 1. The molecule has 1 amide bonds. The summed E-state index contributed by atoms with van der Waals surface area (Å²) in [6.07, 6.45) is 6.76. The maximum absolute atomic E-state index is 12.7. The quantitative estimate of drug-likeness (QED) is 0.788. The number of carbonyl (C=O) groups excluding carboxylic acids is 2. The predicted molar refractivity (Wildman–Crippen MR) is 94.1 cm³/mol. The maximum Gasteiger partial charge on any atom is 0.339 e. The third-order valence-corrected chi connectivity index (χ3v) is 6.83. The van der Waals surface area contributed by atoms with Crippen molar-refractivity contribution in [2.75, 3.05) is 18.8 Å². The molecule has 24 heavy (non-hydrogen) atoms. The number of thioether (sulfide) groups is 1. The molecule has 3 aliphatic rings. The number of carbonyl (C=O) groups is 2. The van der Waals surface area contributed by atoms with Gasteiger partial charge in [0.15, 0.2) is 5.60 Å². The highest BCUT2D eigenvalue weighted by atomic mass is 32.2. The third kappa shape index (κ3) is 2.83. The Balaban J connectivity index is 1.46. The van der Waals surface area contributed by atoms with Crippen LogP contribution in [0.3, 0.4) is 0 Å². The standard InChI is InChI=1S/C19H23NO3S/c21-17(12-24-14-6-1-2-7-14)20-11-5-10-19(13-20)16-9-4-3-8-15(16)18(22)23-19/h3-4,8-9,14H,1-2,5-7,10-13H2. The van der Waals surface area contributed by atoms with E-state index in [2.05, 4.69) is 0 Å². The number of benzene rings is 1. The van der Waals surface area contributed by atoms with E-state index < -0.39 is 5.60 Å². The van der Waals surface area contributed by atoms with Crippen LogP contribution in [-0.4, -0.2) is 40.9 Å². The van der Waals surface area contributed by atoms with Gasteiger partial charge in [0.1, 0.15) is 0 Å². The van der Waals surface area contributed by atoms with Crippen LogP contribution in [0.5, 0.6) is 0 Å². The lowest BCUT2D eigenvalue weighted by atomic mass is 9.85. The smallest absolute Gasteiger partial charge is 0.339 e. The fraction of sp³-hybridized carbons (Fsp3) is 0.579. The molecular formula is C19H23NO3S. The Morgan fingerprint density at radius 2 is 2.04 bits per heavy atom. The molecule has 1 unspecified atom stereocenters. The van der Waals surface area contributed by atoms with Crippen molar-refractivity contribution in [3.8, 4) is 0 Å². The summed E-state index contributed by atoms with van der Waals surface area (Å²) in [6.45, 7) is 1.27. The van der Waals surface area contributed by atoms with Crippen molar-refractivity contribution in [3.63, 3.8) is 0 Å². The molecule has 2 fully saturated rings. The molecule has 1 aromatic rings. The van der Waals surface area contributed by atoms with Crippen LogP contribution in [0.4, 0.5) is 0 Å². The molecule has 1 atom stereocenters. The molecule has 1 spiro atoms. The monoisotopic (exact) mass is 345 g/mol. The summed E-state index contributed by atoms with van der Waals surface area (Å²) in [5.74, 6) is 0.489. The summed E-state index contributed by atoms with van der Waals surface area (Å²) in [4.78, 5) is 26.7. The van der Waals surface area contributed by atoms with Crippen LogP contribution in [0.2, 0.25) is 0 Å². The Morgan fingerprint density at radius 1 is 1.25 bits per heavy atom. The minimum atomic E-state index is -0.625. The molecule has 0 N–H and O–H groups in total. The van der Waals surface area contributed by atoms with E-state index in [9.17, 15) is 9.59 Å². The minimum Gasteiger partial charge on any atom is -0.449 e. The van der Waals surface area contributed by atoms with Crippen LogP contribution in [0.25, 0.3) is 0 Å². The summed E-state index contributed by atoms with van der Waals surface area (Å²) >= 11 is 1.80. The highest BCUT2D eigenvalue weighted by Gasteiger charge is 2.48. The van der Waals surface area contributed by atoms with Crippen LogP contribution in [0.15, 0.2) is 24.3 Å². The summed E-state index contributed by atoms with van der Waals surface area (Å²) in [5.41, 5.74) is 0.989. The number of fused-ring (bicyclic) bond motifs is 2. The first-order chi connectivity index (χ1) is 11.7. The molecule has 1 saturated heterocycles. The summed E-state index contributed by atoms with van der Waals surface area (Å²) < 4.78 is 5.78. The summed E-state index contributed by atoms with van der Waals surface area (Å²) in [6, 6.07) is 7.60. The van der Waals surface area contributed by atoms with Gasteiger partial charge >= 0.3 is 5.97 Å². The van der Waals surface area contributed by atoms with Crippen LogP contribution >= 0.6 is 11.8 Å². The molecular weight excluding hydrogens is 322 g/mol. The van der Waals surface area contributed by atoms with Gasteiger partial charge in [-0.3, -0.25) is 4.79 Å². The zero-order valence-corrected chi connectivity index (χ0v) is 14.6. The fourth-order valence-corrected chi connectivity index (χ4v) is 5.45. The molecule has 1 aliphatic carbocycles. The van der Waals surface area contributed by atoms with Gasteiger partial charge in [-0.05, 0) is 31.7 Å². The average molecular weight is 345 g/mol. The molecule has 0 radical (unpaired) electrons. The average Bonchev–Trinajstić information content (AvgIpc) is 3.21. The molecule has 0 bridgehead atoms. The Bertz CT molecular complexity index is 656. The van der Waals surface area contributed by atoms with Crippen LogP contribution in [0.1, 0.15) is 54.4 Å². The summed E-state index contributed by atoms with van der Waals surface area (Å²) in [5, 5.41) is 0.651. The highest BCUT2D eigenvalue weighted by molar-refractivity contribution is 8.00. The molecule has 5 heteroatoms. The minimum absolute atomic E-state index is 0.186. The summed E-state index contributed by atoms with van der Waals surface area (Å²) in [7, 11) is 0. The Labute approximate surface area is 146 Å². The number of piperidine rings is 1. The third-order valence-electron chi connectivity index (χ3n) is 5.48. The highest BCUT2D eigenvalue weighted by Crippen LogP contribution is 2.43. The van der Waals surface area contributed by atoms with Crippen molar-refractivity contribution >= 4 is 23.6 Å². The van der Waals surface area contributed by atoms with E-state index in [1.54, 1.807) is 11.8 Å². The first-order valence-electron chi connectivity index (χ1n) is 8.90. The first kappa shape index (κ1) is 16.0. The number of ether oxygens (including phenoxy) is 1. The largest absolute Gasteiger partial charge is 0.449 e. The topological polar surface area (TPSA) is 46.6 Å². The lowest BCUT2D eigenvalue weighted by Crippen LogP contribution is -2.49.